The fraction of sp³-hybridized carbons (Fsp3) is 0.241. The van der Waals surface area contributed by atoms with Gasteiger partial charge in [0.2, 0.25) is 5.91 Å². The maximum absolute atomic E-state index is 12.0. The molecule has 0 bridgehead atoms. The van der Waals surface area contributed by atoms with E-state index in [2.05, 4.69) is 50.0 Å². The zero-order valence-electron chi connectivity index (χ0n) is 21.9. The molecule has 0 aliphatic carbocycles. The molecule has 0 saturated carbocycles. The van der Waals surface area contributed by atoms with Crippen LogP contribution in [0.1, 0.15) is 40.3 Å². The van der Waals surface area contributed by atoms with Gasteiger partial charge in [0, 0.05) is 49.3 Å². The van der Waals surface area contributed by atoms with E-state index in [4.69, 9.17) is 28.6 Å². The van der Waals surface area contributed by atoms with Crippen molar-refractivity contribution in [2.45, 2.75) is 32.5 Å². The summed E-state index contributed by atoms with van der Waals surface area (Å²) < 4.78 is 7.22. The molecule has 200 valence electrons. The van der Waals surface area contributed by atoms with E-state index in [0.29, 0.717) is 15.8 Å². The number of rotatable bonds is 8. The number of ether oxygens (including phenoxy) is 1. The lowest BCUT2D eigenvalue weighted by Crippen LogP contribution is -2.29. The molecule has 4 heterocycles. The number of aromatic nitrogens is 3. The van der Waals surface area contributed by atoms with Gasteiger partial charge < -0.3 is 24.8 Å². The molecule has 3 aromatic heterocycles. The summed E-state index contributed by atoms with van der Waals surface area (Å²) in [6, 6.07) is 17.3. The summed E-state index contributed by atoms with van der Waals surface area (Å²) in [7, 11) is 1.47. The first-order valence-electron chi connectivity index (χ1n) is 12.5. The normalized spacial score (nSPS) is 16.8. The molecule has 1 saturated heterocycles. The second-order valence-electron chi connectivity index (χ2n) is 9.41. The number of amides is 1. The van der Waals surface area contributed by atoms with Crippen LogP contribution in [0.4, 0.5) is 11.4 Å². The first-order valence-corrected chi connectivity index (χ1v) is 13.3. The molecule has 10 heteroatoms. The number of benzene rings is 1. The van der Waals surface area contributed by atoms with Gasteiger partial charge in [-0.15, -0.1) is 0 Å². The van der Waals surface area contributed by atoms with Gasteiger partial charge in [-0.25, -0.2) is 0 Å². The summed E-state index contributed by atoms with van der Waals surface area (Å²) in [5.41, 5.74) is 6.80. The highest BCUT2D eigenvalue weighted by atomic mass is 35.5. The van der Waals surface area contributed by atoms with Crippen LogP contribution in [0, 0.1) is 13.8 Å². The van der Waals surface area contributed by atoms with Crippen molar-refractivity contribution in [1.29, 1.82) is 0 Å². The molecule has 1 aliphatic rings. The van der Waals surface area contributed by atoms with Crippen molar-refractivity contribution in [3.05, 3.63) is 106 Å². The van der Waals surface area contributed by atoms with Crippen LogP contribution in [0.25, 0.3) is 0 Å². The zero-order valence-corrected chi connectivity index (χ0v) is 23.5. The average Bonchev–Trinajstić information content (AvgIpc) is 3.42. The fourth-order valence-corrected chi connectivity index (χ4v) is 5.63. The van der Waals surface area contributed by atoms with Gasteiger partial charge >= 0.3 is 0 Å². The van der Waals surface area contributed by atoms with E-state index in [0.717, 1.165) is 34.9 Å². The molecule has 0 radical (unpaired) electrons. The Morgan fingerprint density at radius 2 is 1.92 bits per heavy atom. The lowest BCUT2D eigenvalue weighted by atomic mass is 9.96. The number of pyridine rings is 2. The molecule has 39 heavy (non-hydrogen) atoms. The molecular formula is C29H29ClN6O2S. The molecule has 2 N–H and O–H groups in total. The Labute approximate surface area is 238 Å². The van der Waals surface area contributed by atoms with Crippen molar-refractivity contribution in [3.63, 3.8) is 0 Å². The summed E-state index contributed by atoms with van der Waals surface area (Å²) in [6.45, 7) is 4.94. The largest absolute Gasteiger partial charge is 0.375 e. The van der Waals surface area contributed by atoms with Crippen LogP contribution in [-0.4, -0.2) is 39.3 Å². The van der Waals surface area contributed by atoms with Gasteiger partial charge in [-0.05, 0) is 85.7 Å². The number of carbonyl (C=O) groups excluding carboxylic acids is 1. The van der Waals surface area contributed by atoms with Crippen LogP contribution in [0.2, 0.25) is 5.02 Å². The number of anilines is 2. The van der Waals surface area contributed by atoms with Crippen LogP contribution in [0.3, 0.4) is 0 Å². The first-order chi connectivity index (χ1) is 18.9. The minimum Gasteiger partial charge on any atom is -0.375 e. The van der Waals surface area contributed by atoms with E-state index < -0.39 is 0 Å². The van der Waals surface area contributed by atoms with Gasteiger partial charge in [-0.3, -0.25) is 14.8 Å². The number of methoxy groups -OCH3 is 1. The van der Waals surface area contributed by atoms with E-state index in [9.17, 15) is 4.79 Å². The Balaban J connectivity index is 1.56. The number of carbonyl (C=O) groups is 1. The summed E-state index contributed by atoms with van der Waals surface area (Å²) in [5, 5.41) is 7.26. The third-order valence-corrected chi connectivity index (χ3v) is 7.53. The summed E-state index contributed by atoms with van der Waals surface area (Å²) in [5.74, 6) is -0.278. The van der Waals surface area contributed by atoms with Crippen LogP contribution in [-0.2, 0) is 16.1 Å². The molecule has 0 unspecified atom stereocenters. The van der Waals surface area contributed by atoms with Gasteiger partial charge in [-0.2, -0.15) is 0 Å². The molecule has 8 nitrogen and oxygen atoms in total. The highest BCUT2D eigenvalue weighted by Crippen LogP contribution is 2.44. The lowest BCUT2D eigenvalue weighted by Gasteiger charge is -2.28. The van der Waals surface area contributed by atoms with Gasteiger partial charge in [0.15, 0.2) is 5.11 Å². The highest BCUT2D eigenvalue weighted by molar-refractivity contribution is 7.80. The average molecular weight is 561 g/mol. The molecule has 1 amide bonds. The van der Waals surface area contributed by atoms with Crippen molar-refractivity contribution < 1.29 is 9.53 Å². The zero-order chi connectivity index (χ0) is 27.5. The van der Waals surface area contributed by atoms with E-state index in [1.165, 1.54) is 12.7 Å². The number of thiocarbonyl (C=S) groups is 1. The Hall–Kier alpha value is -3.79. The molecule has 1 aliphatic heterocycles. The molecule has 4 aromatic rings. The maximum atomic E-state index is 12.0. The number of hydrogen-bond acceptors (Lipinski definition) is 5. The van der Waals surface area contributed by atoms with Crippen LogP contribution < -0.4 is 15.5 Å². The molecule has 1 aromatic carbocycles. The Kier molecular flexibility index (Phi) is 7.92. The Bertz CT molecular complexity index is 1490. The lowest BCUT2D eigenvalue weighted by molar-refractivity contribution is -0.119. The SMILES string of the molecule is COCC(=O)Nc1ccc(N2C(=S)N[C@H](c3ccccn3)[C@H]2c2cc(C)n(Cc3ccncc3)c2C)cc1Cl. The molecule has 5 rings (SSSR count). The van der Waals surface area contributed by atoms with Crippen molar-refractivity contribution >= 4 is 46.2 Å². The minimum atomic E-state index is -0.278. The van der Waals surface area contributed by atoms with E-state index in [1.54, 1.807) is 12.3 Å². The van der Waals surface area contributed by atoms with Crippen LogP contribution in [0.15, 0.2) is 73.2 Å². The monoisotopic (exact) mass is 560 g/mol. The van der Waals surface area contributed by atoms with Crippen molar-refractivity contribution in [1.82, 2.24) is 19.9 Å². The number of nitrogens with zero attached hydrogens (tertiary/aromatic N) is 4. The topological polar surface area (TPSA) is 84.3 Å². The van der Waals surface area contributed by atoms with Gasteiger partial charge in [0.05, 0.1) is 28.5 Å². The summed E-state index contributed by atoms with van der Waals surface area (Å²) >= 11 is 12.5. The summed E-state index contributed by atoms with van der Waals surface area (Å²) in [6.07, 6.45) is 5.42. The van der Waals surface area contributed by atoms with Crippen LogP contribution >= 0.6 is 23.8 Å². The third-order valence-electron chi connectivity index (χ3n) is 6.90. The van der Waals surface area contributed by atoms with Gasteiger partial charge in [-0.1, -0.05) is 17.7 Å². The van der Waals surface area contributed by atoms with Crippen molar-refractivity contribution in [3.8, 4) is 0 Å². The third kappa shape index (κ3) is 5.52. The molecule has 1 fully saturated rings. The predicted octanol–water partition coefficient (Wildman–Crippen LogP) is 5.36. The van der Waals surface area contributed by atoms with E-state index in [-0.39, 0.29) is 24.6 Å². The first kappa shape index (κ1) is 26.8. The number of nitrogens with one attached hydrogen (secondary N) is 2. The van der Waals surface area contributed by atoms with E-state index in [1.807, 2.05) is 54.9 Å². The predicted molar refractivity (Wildman–Crippen MR) is 157 cm³/mol. The summed E-state index contributed by atoms with van der Waals surface area (Å²) in [4.78, 5) is 22.9. The molecule has 2 atom stereocenters. The Morgan fingerprint density at radius 1 is 1.13 bits per heavy atom. The highest BCUT2D eigenvalue weighted by Gasteiger charge is 2.42. The second kappa shape index (κ2) is 11.5. The second-order valence-corrected chi connectivity index (χ2v) is 10.2. The van der Waals surface area contributed by atoms with Gasteiger partial charge in [0.25, 0.3) is 0 Å². The quantitative estimate of drug-likeness (QED) is 0.281. The smallest absolute Gasteiger partial charge is 0.250 e. The molecule has 0 spiro atoms. The maximum Gasteiger partial charge on any atom is 0.250 e. The number of halogens is 1. The van der Waals surface area contributed by atoms with Crippen LogP contribution in [0.5, 0.6) is 0 Å². The number of hydrogen-bond donors (Lipinski definition) is 2. The minimum absolute atomic E-state index is 0.0544. The van der Waals surface area contributed by atoms with Gasteiger partial charge in [0.1, 0.15) is 6.61 Å². The Morgan fingerprint density at radius 3 is 2.62 bits per heavy atom. The number of aryl methyl sites for hydroxylation is 1. The standard InChI is InChI=1S/C29H29ClN6O2S/c1-18-14-22(19(2)35(18)16-20-9-12-31-13-10-20)28-27(25-6-4-5-11-32-25)34-29(39)36(28)21-7-8-24(23(30)15-21)33-26(37)17-38-3/h4-15,27-28H,16-17H2,1-3H3,(H,33,37)(H,34,39)/t27-,28-/m1/s1. The molecular weight excluding hydrogens is 532 g/mol. The van der Waals surface area contributed by atoms with Crippen molar-refractivity contribution in [2.24, 2.45) is 0 Å². The van der Waals surface area contributed by atoms with E-state index >= 15 is 0 Å². The fourth-order valence-electron chi connectivity index (χ4n) is 5.06. The van der Waals surface area contributed by atoms with Crippen molar-refractivity contribution in [2.75, 3.05) is 23.9 Å².